The predicted octanol–water partition coefficient (Wildman–Crippen LogP) is 1.98. The highest BCUT2D eigenvalue weighted by Crippen LogP contribution is 2.10. The summed E-state index contributed by atoms with van der Waals surface area (Å²) >= 11 is 0. The van der Waals surface area contributed by atoms with Crippen molar-refractivity contribution in [3.63, 3.8) is 0 Å². The van der Waals surface area contributed by atoms with E-state index in [9.17, 15) is 0 Å². The van der Waals surface area contributed by atoms with Crippen molar-refractivity contribution in [2.75, 3.05) is 6.61 Å². The summed E-state index contributed by atoms with van der Waals surface area (Å²) in [6.45, 7) is 3.84. The van der Waals surface area contributed by atoms with Crippen LogP contribution >= 0.6 is 0 Å². The minimum absolute atomic E-state index is 0.0831. The monoisotopic (exact) mass is 152 g/mol. The van der Waals surface area contributed by atoms with Gasteiger partial charge in [-0.1, -0.05) is 0 Å². The lowest BCUT2D eigenvalue weighted by Gasteiger charge is -1.90. The first kappa shape index (κ1) is 8.08. The van der Waals surface area contributed by atoms with Gasteiger partial charge < -0.3 is 9.52 Å². The van der Waals surface area contributed by atoms with Gasteiger partial charge in [-0.2, -0.15) is 0 Å². The summed E-state index contributed by atoms with van der Waals surface area (Å²) in [5.74, 6) is 1.69. The quantitative estimate of drug-likeness (QED) is 0.703. The summed E-state index contributed by atoms with van der Waals surface area (Å²) in [6, 6.07) is 3.78. The van der Waals surface area contributed by atoms with Crippen LogP contribution in [0, 0.1) is 6.92 Å². The Labute approximate surface area is 66.2 Å². The van der Waals surface area contributed by atoms with Crippen molar-refractivity contribution in [2.24, 2.45) is 0 Å². The Bertz CT molecular complexity index is 258. The lowest BCUT2D eigenvalue weighted by atomic mass is 10.3. The van der Waals surface area contributed by atoms with Crippen LogP contribution in [0.1, 0.15) is 18.4 Å². The number of aliphatic hydroxyl groups is 1. The predicted molar refractivity (Wildman–Crippen MR) is 44.2 cm³/mol. The first-order chi connectivity index (χ1) is 5.22. The van der Waals surface area contributed by atoms with Crippen LogP contribution < -0.4 is 0 Å². The number of furan rings is 1. The van der Waals surface area contributed by atoms with Gasteiger partial charge in [-0.15, -0.1) is 0 Å². The molecule has 0 aliphatic carbocycles. The Morgan fingerprint density at radius 3 is 2.82 bits per heavy atom. The van der Waals surface area contributed by atoms with Crippen LogP contribution in [0.2, 0.25) is 0 Å². The van der Waals surface area contributed by atoms with Gasteiger partial charge in [0.15, 0.2) is 0 Å². The van der Waals surface area contributed by atoms with Gasteiger partial charge in [0.1, 0.15) is 11.5 Å². The molecule has 1 N–H and O–H groups in total. The number of aryl methyl sites for hydroxylation is 1. The van der Waals surface area contributed by atoms with Crippen molar-refractivity contribution in [2.45, 2.75) is 13.8 Å². The third-order valence-electron chi connectivity index (χ3n) is 1.40. The fourth-order valence-corrected chi connectivity index (χ4v) is 0.819. The Balaban J connectivity index is 2.78. The lowest BCUT2D eigenvalue weighted by molar-refractivity contribution is 0.332. The van der Waals surface area contributed by atoms with E-state index in [1.165, 1.54) is 0 Å². The summed E-state index contributed by atoms with van der Waals surface area (Å²) in [7, 11) is 0. The molecule has 1 heterocycles. The van der Waals surface area contributed by atoms with Crippen molar-refractivity contribution in [1.82, 2.24) is 0 Å². The molecule has 0 unspecified atom stereocenters. The number of rotatable bonds is 2. The largest absolute Gasteiger partial charge is 0.462 e. The molecule has 0 bridgehead atoms. The Hall–Kier alpha value is -1.02. The molecule has 0 radical (unpaired) electrons. The molecule has 0 saturated heterocycles. The highest BCUT2D eigenvalue weighted by molar-refractivity contribution is 5.46. The second-order valence-electron chi connectivity index (χ2n) is 2.60. The minimum Gasteiger partial charge on any atom is -0.462 e. The fourth-order valence-electron chi connectivity index (χ4n) is 0.819. The van der Waals surface area contributed by atoms with E-state index in [0.717, 1.165) is 17.1 Å². The van der Waals surface area contributed by atoms with E-state index < -0.39 is 0 Å². The van der Waals surface area contributed by atoms with E-state index in [-0.39, 0.29) is 6.61 Å². The molecule has 2 nitrogen and oxygen atoms in total. The Kier molecular flexibility index (Phi) is 2.49. The normalized spacial score (nSPS) is 12.1. The van der Waals surface area contributed by atoms with Crippen molar-refractivity contribution in [3.05, 3.63) is 29.2 Å². The number of hydrogen-bond donors (Lipinski definition) is 1. The molecule has 60 valence electrons. The van der Waals surface area contributed by atoms with Crippen LogP contribution in [0.5, 0.6) is 0 Å². The van der Waals surface area contributed by atoms with Crippen LogP contribution in [0.15, 0.2) is 22.1 Å². The molecule has 2 heteroatoms. The van der Waals surface area contributed by atoms with E-state index in [1.807, 2.05) is 32.1 Å². The summed E-state index contributed by atoms with van der Waals surface area (Å²) in [4.78, 5) is 0. The zero-order chi connectivity index (χ0) is 8.27. The van der Waals surface area contributed by atoms with Crippen LogP contribution in [0.25, 0.3) is 6.08 Å². The van der Waals surface area contributed by atoms with E-state index in [0.29, 0.717) is 0 Å². The smallest absolute Gasteiger partial charge is 0.127 e. The van der Waals surface area contributed by atoms with Gasteiger partial charge in [-0.05, 0) is 37.6 Å². The average Bonchev–Trinajstić information content (AvgIpc) is 2.35. The zero-order valence-corrected chi connectivity index (χ0v) is 6.79. The summed E-state index contributed by atoms with van der Waals surface area (Å²) in [5, 5.41) is 8.69. The summed E-state index contributed by atoms with van der Waals surface area (Å²) in [5.41, 5.74) is 0.902. The summed E-state index contributed by atoms with van der Waals surface area (Å²) in [6.07, 6.45) is 1.83. The average molecular weight is 152 g/mol. The van der Waals surface area contributed by atoms with Crippen molar-refractivity contribution in [1.29, 1.82) is 0 Å². The number of aliphatic hydroxyl groups excluding tert-OH is 1. The molecule has 11 heavy (non-hydrogen) atoms. The standard InChI is InChI=1S/C9H12O2/c1-7(6-10)5-9-4-3-8(2)11-9/h3-5,10H,6H2,1-2H3. The SMILES string of the molecule is CC(=Cc1ccc(C)o1)CO. The molecule has 1 aromatic rings. The highest BCUT2D eigenvalue weighted by atomic mass is 16.3. The van der Waals surface area contributed by atoms with Crippen LogP contribution in [-0.4, -0.2) is 11.7 Å². The van der Waals surface area contributed by atoms with Gasteiger partial charge in [-0.3, -0.25) is 0 Å². The van der Waals surface area contributed by atoms with Crippen LogP contribution in [-0.2, 0) is 0 Å². The molecule has 0 aromatic carbocycles. The van der Waals surface area contributed by atoms with Gasteiger partial charge in [0.2, 0.25) is 0 Å². The molecular formula is C9H12O2. The highest BCUT2D eigenvalue weighted by Gasteiger charge is 1.93. The molecular weight excluding hydrogens is 140 g/mol. The van der Waals surface area contributed by atoms with Crippen LogP contribution in [0.4, 0.5) is 0 Å². The second kappa shape index (κ2) is 3.39. The van der Waals surface area contributed by atoms with Crippen molar-refractivity contribution >= 4 is 6.08 Å². The molecule has 0 amide bonds. The third-order valence-corrected chi connectivity index (χ3v) is 1.40. The molecule has 1 rings (SSSR count). The summed E-state index contributed by atoms with van der Waals surface area (Å²) < 4.78 is 5.27. The molecule has 0 saturated carbocycles. The topological polar surface area (TPSA) is 33.4 Å². The fraction of sp³-hybridized carbons (Fsp3) is 0.333. The maximum Gasteiger partial charge on any atom is 0.127 e. The van der Waals surface area contributed by atoms with Gasteiger partial charge in [0.05, 0.1) is 6.61 Å². The Morgan fingerprint density at radius 1 is 1.64 bits per heavy atom. The maximum atomic E-state index is 8.69. The lowest BCUT2D eigenvalue weighted by Crippen LogP contribution is -1.81. The molecule has 0 aliphatic heterocycles. The zero-order valence-electron chi connectivity index (χ0n) is 6.79. The Morgan fingerprint density at radius 2 is 2.36 bits per heavy atom. The molecule has 1 aromatic heterocycles. The van der Waals surface area contributed by atoms with Crippen molar-refractivity contribution in [3.8, 4) is 0 Å². The van der Waals surface area contributed by atoms with E-state index in [4.69, 9.17) is 9.52 Å². The van der Waals surface area contributed by atoms with E-state index in [2.05, 4.69) is 0 Å². The molecule has 0 aliphatic rings. The minimum atomic E-state index is 0.0831. The van der Waals surface area contributed by atoms with Gasteiger partial charge in [0.25, 0.3) is 0 Å². The first-order valence-electron chi connectivity index (χ1n) is 3.57. The molecule has 0 fully saturated rings. The molecule has 0 spiro atoms. The van der Waals surface area contributed by atoms with Gasteiger partial charge in [-0.25, -0.2) is 0 Å². The van der Waals surface area contributed by atoms with Gasteiger partial charge >= 0.3 is 0 Å². The van der Waals surface area contributed by atoms with Crippen LogP contribution in [0.3, 0.4) is 0 Å². The number of hydrogen-bond acceptors (Lipinski definition) is 2. The van der Waals surface area contributed by atoms with Gasteiger partial charge in [0, 0.05) is 0 Å². The first-order valence-corrected chi connectivity index (χ1v) is 3.57. The second-order valence-corrected chi connectivity index (χ2v) is 2.60. The molecule has 0 atom stereocenters. The maximum absolute atomic E-state index is 8.69. The third kappa shape index (κ3) is 2.24. The van der Waals surface area contributed by atoms with E-state index in [1.54, 1.807) is 0 Å². The van der Waals surface area contributed by atoms with Crippen molar-refractivity contribution < 1.29 is 9.52 Å². The van der Waals surface area contributed by atoms with E-state index >= 15 is 0 Å².